The topological polar surface area (TPSA) is 49.6 Å². The van der Waals surface area contributed by atoms with Crippen LogP contribution in [0.4, 0.5) is 0 Å². The van der Waals surface area contributed by atoms with Crippen molar-refractivity contribution in [1.82, 2.24) is 9.97 Å². The molecule has 0 aliphatic rings. The van der Waals surface area contributed by atoms with Crippen molar-refractivity contribution in [1.29, 1.82) is 5.26 Å². The molecule has 6 aromatic carbocycles. The van der Waals surface area contributed by atoms with Gasteiger partial charge < -0.3 is 0 Å². The SMILES string of the molecule is N#Cc1ccc(-c2c(-c3cc(-c4ncc5ccccc5n4)c4ccccc4c3)ccc3ccccc23)cc1. The number of benzene rings is 6. The number of aromatic nitrogens is 2. The largest absolute Gasteiger partial charge is 0.236 e. The molecular weight excluding hydrogens is 462 g/mol. The zero-order valence-corrected chi connectivity index (χ0v) is 20.5. The Labute approximate surface area is 220 Å². The van der Waals surface area contributed by atoms with E-state index in [0.717, 1.165) is 49.5 Å². The van der Waals surface area contributed by atoms with E-state index in [1.807, 2.05) is 54.7 Å². The van der Waals surface area contributed by atoms with Crippen LogP contribution in [-0.4, -0.2) is 9.97 Å². The summed E-state index contributed by atoms with van der Waals surface area (Å²) < 4.78 is 0. The Bertz CT molecular complexity index is 2030. The number of fused-ring (bicyclic) bond motifs is 3. The number of rotatable bonds is 3. The molecule has 1 aromatic heterocycles. The minimum Gasteiger partial charge on any atom is -0.236 e. The van der Waals surface area contributed by atoms with Crippen LogP contribution in [-0.2, 0) is 0 Å². The fourth-order valence-electron chi connectivity index (χ4n) is 5.29. The Kier molecular flexibility index (Phi) is 5.17. The third kappa shape index (κ3) is 3.68. The van der Waals surface area contributed by atoms with Gasteiger partial charge in [-0.05, 0) is 74.1 Å². The van der Waals surface area contributed by atoms with Crippen molar-refractivity contribution in [2.24, 2.45) is 0 Å². The molecule has 3 heteroatoms. The highest BCUT2D eigenvalue weighted by Gasteiger charge is 2.16. The van der Waals surface area contributed by atoms with E-state index in [4.69, 9.17) is 9.97 Å². The first-order chi connectivity index (χ1) is 18.8. The first-order valence-electron chi connectivity index (χ1n) is 12.6. The molecule has 0 spiro atoms. The van der Waals surface area contributed by atoms with E-state index in [1.165, 1.54) is 10.8 Å². The molecule has 0 radical (unpaired) electrons. The summed E-state index contributed by atoms with van der Waals surface area (Å²) in [5, 5.41) is 15.0. The number of hydrogen-bond donors (Lipinski definition) is 0. The van der Waals surface area contributed by atoms with Gasteiger partial charge in [0.2, 0.25) is 0 Å². The van der Waals surface area contributed by atoms with Crippen LogP contribution in [0, 0.1) is 11.3 Å². The Morgan fingerprint density at radius 3 is 2.08 bits per heavy atom. The molecule has 3 nitrogen and oxygen atoms in total. The molecule has 176 valence electrons. The molecule has 0 saturated carbocycles. The molecule has 0 amide bonds. The zero-order chi connectivity index (χ0) is 25.5. The van der Waals surface area contributed by atoms with Crippen LogP contribution in [0.5, 0.6) is 0 Å². The average molecular weight is 484 g/mol. The fourth-order valence-corrected chi connectivity index (χ4v) is 5.29. The highest BCUT2D eigenvalue weighted by atomic mass is 14.9. The van der Waals surface area contributed by atoms with Crippen LogP contribution in [0.2, 0.25) is 0 Å². The van der Waals surface area contributed by atoms with Crippen LogP contribution in [0.25, 0.3) is 66.1 Å². The summed E-state index contributed by atoms with van der Waals surface area (Å²) in [6.07, 6.45) is 1.90. The summed E-state index contributed by atoms with van der Waals surface area (Å²) in [5.74, 6) is 0.711. The standard InChI is InChI=1S/C35H21N3/c36-21-23-13-15-25(16-14-23)34-30-11-5-1-7-24(30)17-18-31(34)28-19-26-8-2-4-10-29(26)32(20-28)35-37-22-27-9-3-6-12-33(27)38-35/h1-20,22H. The van der Waals surface area contributed by atoms with Gasteiger partial charge in [-0.1, -0.05) is 91.0 Å². The third-order valence-corrected chi connectivity index (χ3v) is 7.13. The molecule has 0 N–H and O–H groups in total. The Balaban J connectivity index is 1.52. The van der Waals surface area contributed by atoms with Crippen molar-refractivity contribution < 1.29 is 0 Å². The average Bonchev–Trinajstić information content (AvgIpc) is 2.99. The molecule has 7 aromatic rings. The maximum atomic E-state index is 9.35. The van der Waals surface area contributed by atoms with Gasteiger partial charge in [0, 0.05) is 17.1 Å². The molecule has 7 rings (SSSR count). The van der Waals surface area contributed by atoms with E-state index >= 15 is 0 Å². The second-order valence-electron chi connectivity index (χ2n) is 9.40. The van der Waals surface area contributed by atoms with Gasteiger partial charge in [-0.3, -0.25) is 0 Å². The van der Waals surface area contributed by atoms with Gasteiger partial charge in [-0.15, -0.1) is 0 Å². The van der Waals surface area contributed by atoms with Crippen LogP contribution >= 0.6 is 0 Å². The minimum absolute atomic E-state index is 0.650. The van der Waals surface area contributed by atoms with Gasteiger partial charge in [-0.2, -0.15) is 5.26 Å². The molecule has 38 heavy (non-hydrogen) atoms. The van der Waals surface area contributed by atoms with Crippen molar-refractivity contribution in [3.05, 3.63) is 133 Å². The predicted octanol–water partition coefficient (Wildman–Crippen LogP) is 8.81. The molecule has 0 aliphatic carbocycles. The van der Waals surface area contributed by atoms with Crippen molar-refractivity contribution in [2.75, 3.05) is 0 Å². The monoisotopic (exact) mass is 483 g/mol. The number of hydrogen-bond acceptors (Lipinski definition) is 3. The predicted molar refractivity (Wildman–Crippen MR) is 156 cm³/mol. The lowest BCUT2D eigenvalue weighted by Crippen LogP contribution is -1.94. The van der Waals surface area contributed by atoms with Gasteiger partial charge in [0.25, 0.3) is 0 Å². The fraction of sp³-hybridized carbons (Fsp3) is 0. The molecule has 0 unspecified atom stereocenters. The molecule has 0 saturated heterocycles. The van der Waals surface area contributed by atoms with Gasteiger partial charge >= 0.3 is 0 Å². The highest BCUT2D eigenvalue weighted by molar-refractivity contribution is 6.07. The lowest BCUT2D eigenvalue weighted by Gasteiger charge is -2.16. The molecule has 1 heterocycles. The van der Waals surface area contributed by atoms with Crippen molar-refractivity contribution in [3.8, 4) is 39.7 Å². The first kappa shape index (κ1) is 21.9. The lowest BCUT2D eigenvalue weighted by molar-refractivity contribution is 1.23. The van der Waals surface area contributed by atoms with Crippen molar-refractivity contribution in [2.45, 2.75) is 0 Å². The van der Waals surface area contributed by atoms with Crippen LogP contribution in [0.3, 0.4) is 0 Å². The van der Waals surface area contributed by atoms with E-state index in [1.54, 1.807) is 0 Å². The molecule has 0 atom stereocenters. The first-order valence-corrected chi connectivity index (χ1v) is 12.6. The molecule has 0 aliphatic heterocycles. The summed E-state index contributed by atoms with van der Waals surface area (Å²) in [5.41, 5.74) is 7.03. The normalized spacial score (nSPS) is 11.1. The van der Waals surface area contributed by atoms with Crippen molar-refractivity contribution >= 4 is 32.4 Å². The van der Waals surface area contributed by atoms with Crippen LogP contribution in [0.1, 0.15) is 5.56 Å². The minimum atomic E-state index is 0.650. The zero-order valence-electron chi connectivity index (χ0n) is 20.5. The molecule has 0 fully saturated rings. The Hall–Kier alpha value is -5.33. The van der Waals surface area contributed by atoms with Gasteiger partial charge in [0.05, 0.1) is 17.1 Å². The quantitative estimate of drug-likeness (QED) is 0.252. The van der Waals surface area contributed by atoms with E-state index in [2.05, 4.69) is 78.9 Å². The van der Waals surface area contributed by atoms with Crippen LogP contribution < -0.4 is 0 Å². The number of para-hydroxylation sites is 1. The van der Waals surface area contributed by atoms with Gasteiger partial charge in [0.1, 0.15) is 0 Å². The third-order valence-electron chi connectivity index (χ3n) is 7.13. The second-order valence-corrected chi connectivity index (χ2v) is 9.40. The summed E-state index contributed by atoms with van der Waals surface area (Å²) in [6, 6.07) is 43.9. The Morgan fingerprint density at radius 1 is 0.553 bits per heavy atom. The van der Waals surface area contributed by atoms with E-state index in [9.17, 15) is 5.26 Å². The van der Waals surface area contributed by atoms with E-state index in [-0.39, 0.29) is 0 Å². The van der Waals surface area contributed by atoms with E-state index < -0.39 is 0 Å². The molecule has 0 bridgehead atoms. The van der Waals surface area contributed by atoms with Crippen molar-refractivity contribution in [3.63, 3.8) is 0 Å². The lowest BCUT2D eigenvalue weighted by atomic mass is 9.87. The second kappa shape index (κ2) is 8.96. The van der Waals surface area contributed by atoms with Crippen LogP contribution in [0.15, 0.2) is 128 Å². The van der Waals surface area contributed by atoms with E-state index in [0.29, 0.717) is 11.4 Å². The summed E-state index contributed by atoms with van der Waals surface area (Å²) in [4.78, 5) is 9.71. The summed E-state index contributed by atoms with van der Waals surface area (Å²) in [7, 11) is 0. The smallest absolute Gasteiger partial charge is 0.160 e. The number of nitrogens with zero attached hydrogens (tertiary/aromatic N) is 3. The summed E-state index contributed by atoms with van der Waals surface area (Å²) in [6.45, 7) is 0. The summed E-state index contributed by atoms with van der Waals surface area (Å²) >= 11 is 0. The number of nitriles is 1. The van der Waals surface area contributed by atoms with Gasteiger partial charge in [0.15, 0.2) is 5.82 Å². The van der Waals surface area contributed by atoms with Gasteiger partial charge in [-0.25, -0.2) is 9.97 Å². The highest BCUT2D eigenvalue weighted by Crippen LogP contribution is 2.41. The maximum Gasteiger partial charge on any atom is 0.160 e. The molecular formula is C35H21N3. The maximum absolute atomic E-state index is 9.35. The Morgan fingerprint density at radius 2 is 1.26 bits per heavy atom.